The fourth-order valence-electron chi connectivity index (χ4n) is 2.74. The van der Waals surface area contributed by atoms with Crippen molar-refractivity contribution in [2.45, 2.75) is 25.8 Å². The number of aliphatic imine (C=N–C) groups is 1. The van der Waals surface area contributed by atoms with E-state index in [0.29, 0.717) is 19.0 Å². The zero-order chi connectivity index (χ0) is 19.4. The molecule has 0 fully saturated rings. The minimum atomic E-state index is -3.29. The van der Waals surface area contributed by atoms with Crippen molar-refractivity contribution < 1.29 is 12.8 Å². The molecule has 27 heavy (non-hydrogen) atoms. The Morgan fingerprint density at radius 2 is 2.00 bits per heavy atom. The Morgan fingerprint density at radius 1 is 1.30 bits per heavy atom. The highest BCUT2D eigenvalue weighted by molar-refractivity contribution is 14.0. The number of H-pyrrole nitrogens is 1. The monoisotopic (exact) mass is 511 g/mol. The molecular formula is C17H27FIN5O2S. The fraction of sp³-hybridized carbons (Fsp3) is 0.471. The van der Waals surface area contributed by atoms with E-state index in [0.717, 1.165) is 29.1 Å². The number of nitrogens with zero attached hydrogens (tertiary/aromatic N) is 1. The van der Waals surface area contributed by atoms with Gasteiger partial charge in [0.05, 0.1) is 6.26 Å². The van der Waals surface area contributed by atoms with Gasteiger partial charge in [0.1, 0.15) is 5.82 Å². The summed E-state index contributed by atoms with van der Waals surface area (Å²) >= 11 is 0. The summed E-state index contributed by atoms with van der Waals surface area (Å²) in [6.07, 6.45) is 3.74. The van der Waals surface area contributed by atoms with Crippen LogP contribution in [0.3, 0.4) is 0 Å². The normalized spacial score (nSPS) is 12.7. The lowest BCUT2D eigenvalue weighted by molar-refractivity contribution is 0.446. The van der Waals surface area contributed by atoms with Crippen LogP contribution in [0.4, 0.5) is 4.39 Å². The molecule has 2 aromatic rings. The van der Waals surface area contributed by atoms with Crippen molar-refractivity contribution in [1.29, 1.82) is 0 Å². The van der Waals surface area contributed by atoms with Crippen LogP contribution in [0.25, 0.3) is 10.9 Å². The first-order valence-electron chi connectivity index (χ1n) is 8.29. The van der Waals surface area contributed by atoms with E-state index < -0.39 is 15.6 Å². The number of halogens is 2. The molecule has 0 saturated carbocycles. The van der Waals surface area contributed by atoms with E-state index in [1.807, 2.05) is 6.20 Å². The molecule has 0 aliphatic carbocycles. The number of aromatic nitrogens is 1. The highest BCUT2D eigenvalue weighted by Gasteiger charge is 2.22. The van der Waals surface area contributed by atoms with Gasteiger partial charge in [-0.25, -0.2) is 17.5 Å². The van der Waals surface area contributed by atoms with E-state index in [4.69, 9.17) is 0 Å². The van der Waals surface area contributed by atoms with Crippen LogP contribution in [-0.4, -0.2) is 51.3 Å². The molecule has 0 amide bonds. The van der Waals surface area contributed by atoms with E-state index in [2.05, 4.69) is 25.3 Å². The number of hydrogen-bond acceptors (Lipinski definition) is 3. The first-order valence-corrected chi connectivity index (χ1v) is 10.2. The van der Waals surface area contributed by atoms with Gasteiger partial charge in [-0.15, -0.1) is 24.0 Å². The van der Waals surface area contributed by atoms with E-state index in [-0.39, 0.29) is 29.8 Å². The van der Waals surface area contributed by atoms with Crippen molar-refractivity contribution in [1.82, 2.24) is 20.3 Å². The first kappa shape index (κ1) is 23.6. The summed E-state index contributed by atoms with van der Waals surface area (Å²) in [5.41, 5.74) is 1.21. The lowest BCUT2D eigenvalue weighted by Gasteiger charge is -2.26. The SMILES string of the molecule is CN=C(NCCc1c[nH]c2cc(F)ccc12)NCC(C)(C)NS(C)(=O)=O.I. The van der Waals surface area contributed by atoms with Gasteiger partial charge in [-0.3, -0.25) is 4.99 Å². The van der Waals surface area contributed by atoms with Crippen LogP contribution in [0.15, 0.2) is 29.4 Å². The molecule has 0 aliphatic rings. The predicted molar refractivity (Wildman–Crippen MR) is 119 cm³/mol. The summed E-state index contributed by atoms with van der Waals surface area (Å²) in [6.45, 7) is 4.59. The second-order valence-corrected chi connectivity index (χ2v) is 8.61. The van der Waals surface area contributed by atoms with Crippen molar-refractivity contribution in [3.05, 3.63) is 35.8 Å². The average molecular weight is 511 g/mol. The molecule has 10 heteroatoms. The molecule has 2 rings (SSSR count). The van der Waals surface area contributed by atoms with Crippen LogP contribution in [0, 0.1) is 5.82 Å². The topological polar surface area (TPSA) is 98.4 Å². The van der Waals surface area contributed by atoms with Gasteiger partial charge in [0, 0.05) is 42.8 Å². The summed E-state index contributed by atoms with van der Waals surface area (Å²) in [7, 11) is -1.63. The fourth-order valence-corrected chi connectivity index (χ4v) is 3.82. The standard InChI is InChI=1S/C17H26FN5O2S.HI/c1-17(2,23-26(4,24)25)11-22-16(19-3)20-8-7-12-10-21-15-9-13(18)5-6-14(12)15;/h5-6,9-10,21,23H,7-8,11H2,1-4H3,(H2,19,20,22);1H. The third kappa shape index (κ3) is 7.62. The largest absolute Gasteiger partial charge is 0.361 e. The highest BCUT2D eigenvalue weighted by atomic mass is 127. The number of aromatic amines is 1. The maximum atomic E-state index is 13.2. The zero-order valence-corrected chi connectivity index (χ0v) is 19.0. The van der Waals surface area contributed by atoms with Gasteiger partial charge in [-0.05, 0) is 44.0 Å². The zero-order valence-electron chi connectivity index (χ0n) is 15.9. The summed E-state index contributed by atoms with van der Waals surface area (Å²) < 4.78 is 38.6. The lowest BCUT2D eigenvalue weighted by Crippen LogP contribution is -2.53. The third-order valence-corrected chi connectivity index (χ3v) is 4.72. The number of hydrogen-bond donors (Lipinski definition) is 4. The molecule has 4 N–H and O–H groups in total. The Hall–Kier alpha value is -1.40. The summed E-state index contributed by atoms with van der Waals surface area (Å²) in [4.78, 5) is 7.21. The van der Waals surface area contributed by atoms with Crippen molar-refractivity contribution in [3.8, 4) is 0 Å². The molecule has 1 heterocycles. The minimum absolute atomic E-state index is 0. The number of benzene rings is 1. The molecule has 0 radical (unpaired) electrons. The van der Waals surface area contributed by atoms with Crippen LogP contribution in [0.2, 0.25) is 0 Å². The summed E-state index contributed by atoms with van der Waals surface area (Å²) in [5.74, 6) is 0.318. The Kier molecular flexibility index (Phi) is 8.48. The van der Waals surface area contributed by atoms with Gasteiger partial charge in [0.25, 0.3) is 0 Å². The number of fused-ring (bicyclic) bond motifs is 1. The molecule has 0 saturated heterocycles. The molecule has 0 aliphatic heterocycles. The highest BCUT2D eigenvalue weighted by Crippen LogP contribution is 2.19. The van der Waals surface area contributed by atoms with Crippen molar-refractivity contribution >= 4 is 50.9 Å². The number of nitrogens with one attached hydrogen (secondary N) is 4. The number of guanidine groups is 1. The Morgan fingerprint density at radius 3 is 2.63 bits per heavy atom. The van der Waals surface area contributed by atoms with Gasteiger partial charge in [0.15, 0.2) is 5.96 Å². The second kappa shape index (κ2) is 9.69. The quantitative estimate of drug-likeness (QED) is 0.260. The summed E-state index contributed by atoms with van der Waals surface area (Å²) in [5, 5.41) is 7.30. The van der Waals surface area contributed by atoms with Crippen LogP contribution in [-0.2, 0) is 16.4 Å². The maximum Gasteiger partial charge on any atom is 0.209 e. The van der Waals surface area contributed by atoms with Crippen LogP contribution < -0.4 is 15.4 Å². The Labute approximate surface area is 176 Å². The van der Waals surface area contributed by atoms with Crippen LogP contribution >= 0.6 is 24.0 Å². The molecule has 0 spiro atoms. The van der Waals surface area contributed by atoms with Gasteiger partial charge in [-0.1, -0.05) is 0 Å². The Bertz CT molecular complexity index is 896. The van der Waals surface area contributed by atoms with Gasteiger partial charge < -0.3 is 15.6 Å². The van der Waals surface area contributed by atoms with Crippen LogP contribution in [0.5, 0.6) is 0 Å². The van der Waals surface area contributed by atoms with E-state index in [9.17, 15) is 12.8 Å². The first-order chi connectivity index (χ1) is 12.1. The number of rotatable bonds is 7. The van der Waals surface area contributed by atoms with E-state index in [1.165, 1.54) is 12.1 Å². The third-order valence-electron chi connectivity index (χ3n) is 3.80. The molecule has 1 aromatic carbocycles. The average Bonchev–Trinajstić information content (AvgIpc) is 2.90. The van der Waals surface area contributed by atoms with Gasteiger partial charge in [0.2, 0.25) is 10.0 Å². The van der Waals surface area contributed by atoms with E-state index in [1.54, 1.807) is 27.0 Å². The molecule has 0 unspecified atom stereocenters. The molecule has 7 nitrogen and oxygen atoms in total. The van der Waals surface area contributed by atoms with E-state index >= 15 is 0 Å². The molecule has 0 atom stereocenters. The molecule has 152 valence electrons. The minimum Gasteiger partial charge on any atom is -0.361 e. The lowest BCUT2D eigenvalue weighted by atomic mass is 10.1. The van der Waals surface area contributed by atoms with Crippen LogP contribution in [0.1, 0.15) is 19.4 Å². The number of sulfonamides is 1. The van der Waals surface area contributed by atoms with Crippen molar-refractivity contribution in [2.75, 3.05) is 26.4 Å². The second-order valence-electron chi connectivity index (χ2n) is 6.86. The Balaban J connectivity index is 0.00000364. The predicted octanol–water partition coefficient (Wildman–Crippen LogP) is 1.96. The summed E-state index contributed by atoms with van der Waals surface area (Å²) in [6, 6.07) is 4.69. The molecular weight excluding hydrogens is 484 g/mol. The van der Waals surface area contributed by atoms with Gasteiger partial charge >= 0.3 is 0 Å². The van der Waals surface area contributed by atoms with Crippen molar-refractivity contribution in [3.63, 3.8) is 0 Å². The van der Waals surface area contributed by atoms with Gasteiger partial charge in [-0.2, -0.15) is 0 Å². The smallest absolute Gasteiger partial charge is 0.209 e. The van der Waals surface area contributed by atoms with Crippen molar-refractivity contribution in [2.24, 2.45) is 4.99 Å². The molecule has 1 aromatic heterocycles. The maximum absolute atomic E-state index is 13.2. The molecule has 0 bridgehead atoms.